The van der Waals surface area contributed by atoms with Crippen molar-refractivity contribution < 1.29 is 8.78 Å². The van der Waals surface area contributed by atoms with E-state index in [1.165, 1.54) is 12.1 Å². The van der Waals surface area contributed by atoms with Crippen LogP contribution < -0.4 is 5.32 Å². The molecule has 124 valence electrons. The van der Waals surface area contributed by atoms with Gasteiger partial charge in [-0.05, 0) is 49.2 Å². The standard InChI is InChI=1S/C20H20F2N2/c1-12-4-2-3-5-14(12)20-19(16-11-23-9-8-17(16)22)15-7-6-13(21)10-18(15)24-20/h2-7,10,16-17,23-24H,8-9,11H2,1H3/t16-,17-/m1/s1. The van der Waals surface area contributed by atoms with Gasteiger partial charge in [0.25, 0.3) is 0 Å². The summed E-state index contributed by atoms with van der Waals surface area (Å²) >= 11 is 0. The van der Waals surface area contributed by atoms with Crippen LogP contribution in [0.1, 0.15) is 23.5 Å². The summed E-state index contributed by atoms with van der Waals surface area (Å²) < 4.78 is 28.4. The number of alkyl halides is 1. The maximum Gasteiger partial charge on any atom is 0.125 e. The Morgan fingerprint density at radius 3 is 2.75 bits per heavy atom. The third kappa shape index (κ3) is 2.51. The van der Waals surface area contributed by atoms with Gasteiger partial charge in [-0.2, -0.15) is 0 Å². The van der Waals surface area contributed by atoms with Gasteiger partial charge in [0.2, 0.25) is 0 Å². The molecule has 0 radical (unpaired) electrons. The molecule has 0 amide bonds. The van der Waals surface area contributed by atoms with Crippen molar-refractivity contribution in [1.29, 1.82) is 0 Å². The number of rotatable bonds is 2. The fraction of sp³-hybridized carbons (Fsp3) is 0.300. The molecule has 0 aliphatic carbocycles. The number of halogens is 2. The van der Waals surface area contributed by atoms with Gasteiger partial charge >= 0.3 is 0 Å². The van der Waals surface area contributed by atoms with Gasteiger partial charge in [-0.25, -0.2) is 8.78 Å². The molecule has 3 aromatic rings. The van der Waals surface area contributed by atoms with E-state index in [0.29, 0.717) is 19.5 Å². The molecule has 2 N–H and O–H groups in total. The maximum absolute atomic E-state index is 14.7. The number of hydrogen-bond acceptors (Lipinski definition) is 1. The first-order valence-corrected chi connectivity index (χ1v) is 8.37. The summed E-state index contributed by atoms with van der Waals surface area (Å²) in [5.41, 5.74) is 4.75. The zero-order valence-electron chi connectivity index (χ0n) is 13.6. The van der Waals surface area contributed by atoms with Gasteiger partial charge in [0.1, 0.15) is 12.0 Å². The minimum Gasteiger partial charge on any atom is -0.354 e. The molecule has 1 fully saturated rings. The van der Waals surface area contributed by atoms with Crippen molar-refractivity contribution in [1.82, 2.24) is 10.3 Å². The number of aromatic nitrogens is 1. The van der Waals surface area contributed by atoms with Crippen LogP contribution in [0.2, 0.25) is 0 Å². The van der Waals surface area contributed by atoms with Crippen LogP contribution in [0.4, 0.5) is 8.78 Å². The van der Waals surface area contributed by atoms with E-state index in [4.69, 9.17) is 0 Å². The molecule has 0 spiro atoms. The van der Waals surface area contributed by atoms with Crippen LogP contribution in [-0.4, -0.2) is 24.2 Å². The molecule has 4 rings (SSSR count). The van der Waals surface area contributed by atoms with E-state index in [-0.39, 0.29) is 11.7 Å². The summed E-state index contributed by atoms with van der Waals surface area (Å²) in [7, 11) is 0. The quantitative estimate of drug-likeness (QED) is 0.702. The van der Waals surface area contributed by atoms with E-state index in [0.717, 1.165) is 33.3 Å². The summed E-state index contributed by atoms with van der Waals surface area (Å²) in [6, 6.07) is 12.7. The minimum atomic E-state index is -0.891. The van der Waals surface area contributed by atoms with Gasteiger partial charge in [0, 0.05) is 28.9 Å². The molecular formula is C20H20F2N2. The Balaban J connectivity index is 1.98. The largest absolute Gasteiger partial charge is 0.354 e. The molecule has 1 aliphatic heterocycles. The fourth-order valence-corrected chi connectivity index (χ4v) is 3.75. The molecule has 4 heteroatoms. The lowest BCUT2D eigenvalue weighted by atomic mass is 9.86. The molecule has 1 aromatic heterocycles. The molecule has 24 heavy (non-hydrogen) atoms. The summed E-state index contributed by atoms with van der Waals surface area (Å²) in [6.07, 6.45) is -0.385. The first-order chi connectivity index (χ1) is 11.6. The Morgan fingerprint density at radius 2 is 1.96 bits per heavy atom. The Morgan fingerprint density at radius 1 is 1.12 bits per heavy atom. The average molecular weight is 326 g/mol. The number of hydrogen-bond donors (Lipinski definition) is 2. The Hall–Kier alpha value is -2.20. The number of aryl methyl sites for hydroxylation is 1. The van der Waals surface area contributed by atoms with Crippen molar-refractivity contribution in [3.63, 3.8) is 0 Å². The number of nitrogens with one attached hydrogen (secondary N) is 2. The van der Waals surface area contributed by atoms with Crippen molar-refractivity contribution in [3.05, 3.63) is 59.4 Å². The van der Waals surface area contributed by atoms with E-state index in [1.54, 1.807) is 6.07 Å². The van der Waals surface area contributed by atoms with Gasteiger partial charge in [-0.15, -0.1) is 0 Å². The fourth-order valence-electron chi connectivity index (χ4n) is 3.75. The lowest BCUT2D eigenvalue weighted by Crippen LogP contribution is -2.36. The van der Waals surface area contributed by atoms with Gasteiger partial charge in [-0.1, -0.05) is 24.3 Å². The first kappa shape index (κ1) is 15.3. The molecule has 2 atom stereocenters. The number of H-pyrrole nitrogens is 1. The highest BCUT2D eigenvalue weighted by molar-refractivity contribution is 5.92. The highest BCUT2D eigenvalue weighted by Crippen LogP contribution is 2.40. The summed E-state index contributed by atoms with van der Waals surface area (Å²) in [5, 5.41) is 4.20. The molecular weight excluding hydrogens is 306 g/mol. The van der Waals surface area contributed by atoms with E-state index in [9.17, 15) is 8.78 Å². The molecule has 0 unspecified atom stereocenters. The van der Waals surface area contributed by atoms with E-state index < -0.39 is 6.17 Å². The number of aromatic amines is 1. The normalized spacial score (nSPS) is 21.3. The van der Waals surface area contributed by atoms with Crippen molar-refractivity contribution in [3.8, 4) is 11.3 Å². The number of piperidine rings is 1. The number of fused-ring (bicyclic) bond motifs is 1. The molecule has 2 aromatic carbocycles. The monoisotopic (exact) mass is 326 g/mol. The Bertz CT molecular complexity index is 884. The van der Waals surface area contributed by atoms with Crippen LogP contribution in [0, 0.1) is 12.7 Å². The second-order valence-corrected chi connectivity index (χ2v) is 6.53. The second-order valence-electron chi connectivity index (χ2n) is 6.53. The minimum absolute atomic E-state index is 0.229. The maximum atomic E-state index is 14.7. The molecule has 0 saturated carbocycles. The van der Waals surface area contributed by atoms with E-state index >= 15 is 0 Å². The predicted octanol–water partition coefficient (Wildman–Crippen LogP) is 4.70. The zero-order valence-corrected chi connectivity index (χ0v) is 13.6. The third-order valence-electron chi connectivity index (χ3n) is 4.98. The highest BCUT2D eigenvalue weighted by Gasteiger charge is 2.31. The predicted molar refractivity (Wildman–Crippen MR) is 93.6 cm³/mol. The van der Waals surface area contributed by atoms with Crippen molar-refractivity contribution in [2.24, 2.45) is 0 Å². The van der Waals surface area contributed by atoms with E-state index in [2.05, 4.69) is 10.3 Å². The SMILES string of the molecule is Cc1ccccc1-c1[nH]c2cc(F)ccc2c1[C@@H]1CNCC[C@H]1F. The van der Waals surface area contributed by atoms with Gasteiger partial charge in [0.05, 0.1) is 5.69 Å². The molecule has 2 heterocycles. The second kappa shape index (κ2) is 6.02. The topological polar surface area (TPSA) is 27.8 Å². The smallest absolute Gasteiger partial charge is 0.125 e. The lowest BCUT2D eigenvalue weighted by Gasteiger charge is -2.28. The van der Waals surface area contributed by atoms with Crippen molar-refractivity contribution >= 4 is 10.9 Å². The number of benzene rings is 2. The van der Waals surface area contributed by atoms with Crippen LogP contribution in [0.15, 0.2) is 42.5 Å². The van der Waals surface area contributed by atoms with Crippen LogP contribution in [0.25, 0.3) is 22.2 Å². The van der Waals surface area contributed by atoms with Gasteiger partial charge in [0.15, 0.2) is 0 Å². The van der Waals surface area contributed by atoms with Crippen LogP contribution in [0.3, 0.4) is 0 Å². The molecule has 1 aliphatic rings. The van der Waals surface area contributed by atoms with Crippen molar-refractivity contribution in [2.75, 3.05) is 13.1 Å². The van der Waals surface area contributed by atoms with Crippen LogP contribution in [-0.2, 0) is 0 Å². The van der Waals surface area contributed by atoms with E-state index in [1.807, 2.05) is 31.2 Å². The molecule has 2 nitrogen and oxygen atoms in total. The van der Waals surface area contributed by atoms with Crippen LogP contribution >= 0.6 is 0 Å². The lowest BCUT2D eigenvalue weighted by molar-refractivity contribution is 0.229. The highest BCUT2D eigenvalue weighted by atomic mass is 19.1. The third-order valence-corrected chi connectivity index (χ3v) is 4.98. The molecule has 0 bridgehead atoms. The van der Waals surface area contributed by atoms with Gasteiger partial charge in [-0.3, -0.25) is 0 Å². The van der Waals surface area contributed by atoms with Crippen LogP contribution in [0.5, 0.6) is 0 Å². The van der Waals surface area contributed by atoms with Crippen molar-refractivity contribution in [2.45, 2.75) is 25.4 Å². The zero-order chi connectivity index (χ0) is 16.7. The average Bonchev–Trinajstić information content (AvgIpc) is 2.93. The van der Waals surface area contributed by atoms with Gasteiger partial charge < -0.3 is 10.3 Å². The Labute approximate surface area is 139 Å². The summed E-state index contributed by atoms with van der Waals surface area (Å²) in [5.74, 6) is -0.516. The summed E-state index contributed by atoms with van der Waals surface area (Å²) in [4.78, 5) is 3.35. The molecule has 1 saturated heterocycles. The Kier molecular flexibility index (Phi) is 3.85. The summed E-state index contributed by atoms with van der Waals surface area (Å²) in [6.45, 7) is 3.34. The first-order valence-electron chi connectivity index (χ1n) is 8.37.